The van der Waals surface area contributed by atoms with Gasteiger partial charge < -0.3 is 20.5 Å². The average molecular weight is 573 g/mol. The summed E-state index contributed by atoms with van der Waals surface area (Å²) >= 11 is 0. The third kappa shape index (κ3) is 6.94. The summed E-state index contributed by atoms with van der Waals surface area (Å²) in [6.45, 7) is 3.49. The number of alkyl halides is 3. The highest BCUT2D eigenvalue weighted by Crippen LogP contribution is 2.41. The summed E-state index contributed by atoms with van der Waals surface area (Å²) in [4.78, 5) is 29.3. The zero-order valence-electron chi connectivity index (χ0n) is 23.1. The lowest BCUT2D eigenvalue weighted by Crippen LogP contribution is -2.43. The fourth-order valence-corrected chi connectivity index (χ4v) is 5.73. The van der Waals surface area contributed by atoms with Crippen LogP contribution in [0.25, 0.3) is 0 Å². The fraction of sp³-hybridized carbons (Fsp3) is 0.500. The van der Waals surface area contributed by atoms with Gasteiger partial charge in [0.05, 0.1) is 18.0 Å². The fourth-order valence-electron chi connectivity index (χ4n) is 5.73. The molecule has 0 aromatic heterocycles. The number of carbonyl (C=O) groups excluding carboxylic acids is 2. The number of hydrogen-bond acceptors (Lipinski definition) is 6. The van der Waals surface area contributed by atoms with Gasteiger partial charge in [0.15, 0.2) is 5.96 Å². The highest BCUT2D eigenvalue weighted by atomic mass is 19.4. The number of carbonyl (C=O) groups is 2. The number of rotatable bonds is 7. The van der Waals surface area contributed by atoms with Gasteiger partial charge in [-0.05, 0) is 74.9 Å². The van der Waals surface area contributed by atoms with E-state index in [9.17, 15) is 22.8 Å². The van der Waals surface area contributed by atoms with Crippen molar-refractivity contribution in [2.45, 2.75) is 82.7 Å². The van der Waals surface area contributed by atoms with E-state index >= 15 is 0 Å². The molecule has 0 bridgehead atoms. The minimum atomic E-state index is -4.36. The summed E-state index contributed by atoms with van der Waals surface area (Å²) in [6, 6.07) is 10.2. The summed E-state index contributed by atoms with van der Waals surface area (Å²) in [6.07, 6.45) is -0.357. The van der Waals surface area contributed by atoms with Gasteiger partial charge in [-0.1, -0.05) is 18.6 Å². The predicted molar refractivity (Wildman–Crippen MR) is 147 cm³/mol. The summed E-state index contributed by atoms with van der Waals surface area (Å²) < 4.78 is 51.3. The van der Waals surface area contributed by atoms with Crippen LogP contribution in [0.1, 0.15) is 79.0 Å². The number of fused-ring (bicyclic) bond motifs is 2. The van der Waals surface area contributed by atoms with Gasteiger partial charge in [-0.25, -0.2) is 4.99 Å². The van der Waals surface area contributed by atoms with Crippen LogP contribution in [0.2, 0.25) is 0 Å². The molecule has 3 aliphatic rings. The van der Waals surface area contributed by atoms with Gasteiger partial charge in [0.25, 0.3) is 5.91 Å². The lowest BCUT2D eigenvalue weighted by molar-refractivity contribution is -0.183. The second-order valence-electron chi connectivity index (χ2n) is 11.7. The molecule has 4 N–H and O–H groups in total. The highest BCUT2D eigenvalue weighted by Gasteiger charge is 2.42. The van der Waals surface area contributed by atoms with E-state index in [0.29, 0.717) is 29.9 Å². The second kappa shape index (κ2) is 11.3. The number of aryl methyl sites for hydroxylation is 1. The van der Waals surface area contributed by atoms with Gasteiger partial charge in [0, 0.05) is 24.0 Å². The lowest BCUT2D eigenvalue weighted by atomic mass is 9.88. The maximum Gasteiger partial charge on any atom is 0.395 e. The number of amides is 2. The predicted octanol–water partition coefficient (Wildman–Crippen LogP) is 4.75. The molecule has 3 unspecified atom stereocenters. The Labute approximate surface area is 236 Å². The number of halogens is 3. The third-order valence-electron chi connectivity index (χ3n) is 7.79. The van der Waals surface area contributed by atoms with Crippen molar-refractivity contribution in [2.75, 3.05) is 6.61 Å². The molecule has 2 aromatic rings. The zero-order valence-corrected chi connectivity index (χ0v) is 23.1. The standard InChI is InChI=1S/C30H35F3N4O4/c1-29(2)15-23(36-27(39)18-8-10-24-19(12-18)13-20(16-40-24)30(31,32)33)22-11-17(7-9-25(22)41-29)5-3-4-6-21-14-26(38)37-28(34)35-21/h7-12,20-21,23H,3-6,13-16H2,1-2H3,(H,36,39)(H3,34,35,37,38). The van der Waals surface area contributed by atoms with Crippen LogP contribution in [0.15, 0.2) is 41.4 Å². The number of nitrogens with one attached hydrogen (secondary N) is 2. The molecule has 11 heteroatoms. The van der Waals surface area contributed by atoms with Crippen LogP contribution in [-0.4, -0.2) is 42.2 Å². The lowest BCUT2D eigenvalue weighted by Gasteiger charge is -2.38. The van der Waals surface area contributed by atoms with Crippen molar-refractivity contribution >= 4 is 17.8 Å². The average Bonchev–Trinajstić information content (AvgIpc) is 2.89. The number of nitrogens with zero attached hydrogens (tertiary/aromatic N) is 1. The number of guanidine groups is 1. The van der Waals surface area contributed by atoms with Crippen LogP contribution in [0, 0.1) is 5.92 Å². The Morgan fingerprint density at radius 2 is 1.93 bits per heavy atom. The second-order valence-corrected chi connectivity index (χ2v) is 11.7. The van der Waals surface area contributed by atoms with Crippen LogP contribution in [0.4, 0.5) is 13.2 Å². The normalized spacial score (nSPS) is 23.2. The zero-order chi connectivity index (χ0) is 29.4. The minimum Gasteiger partial charge on any atom is -0.493 e. The summed E-state index contributed by atoms with van der Waals surface area (Å²) in [7, 11) is 0. The third-order valence-corrected chi connectivity index (χ3v) is 7.79. The first-order chi connectivity index (χ1) is 19.4. The maximum atomic E-state index is 13.3. The van der Waals surface area contributed by atoms with Crippen molar-refractivity contribution < 1.29 is 32.2 Å². The van der Waals surface area contributed by atoms with E-state index in [4.69, 9.17) is 15.2 Å². The van der Waals surface area contributed by atoms with E-state index in [1.54, 1.807) is 12.1 Å². The molecule has 8 nitrogen and oxygen atoms in total. The van der Waals surface area contributed by atoms with Crippen molar-refractivity contribution in [3.05, 3.63) is 58.7 Å². The van der Waals surface area contributed by atoms with E-state index in [-0.39, 0.29) is 41.8 Å². The van der Waals surface area contributed by atoms with Gasteiger partial charge in [-0.2, -0.15) is 13.2 Å². The van der Waals surface area contributed by atoms with Crippen LogP contribution < -0.4 is 25.8 Å². The summed E-state index contributed by atoms with van der Waals surface area (Å²) in [5, 5.41) is 5.60. The maximum absolute atomic E-state index is 13.3. The first-order valence-electron chi connectivity index (χ1n) is 13.9. The van der Waals surface area contributed by atoms with Crippen LogP contribution in [0.5, 0.6) is 11.5 Å². The van der Waals surface area contributed by atoms with Crippen molar-refractivity contribution in [1.82, 2.24) is 10.6 Å². The quantitative estimate of drug-likeness (QED) is 0.415. The molecule has 2 aromatic carbocycles. The van der Waals surface area contributed by atoms with Crippen molar-refractivity contribution in [2.24, 2.45) is 16.6 Å². The van der Waals surface area contributed by atoms with E-state index in [0.717, 1.165) is 36.8 Å². The van der Waals surface area contributed by atoms with E-state index < -0.39 is 24.3 Å². The van der Waals surface area contributed by atoms with Gasteiger partial charge in [0.2, 0.25) is 5.91 Å². The number of unbranched alkanes of at least 4 members (excludes halogenated alkanes) is 1. The number of aliphatic imine (C=N–C) groups is 1. The van der Waals surface area contributed by atoms with Crippen LogP contribution >= 0.6 is 0 Å². The topological polar surface area (TPSA) is 115 Å². The first-order valence-corrected chi connectivity index (χ1v) is 13.9. The van der Waals surface area contributed by atoms with Gasteiger partial charge in [0.1, 0.15) is 23.7 Å². The Morgan fingerprint density at radius 1 is 1.15 bits per heavy atom. The molecule has 0 saturated carbocycles. The van der Waals surface area contributed by atoms with Gasteiger partial charge >= 0.3 is 6.18 Å². The Morgan fingerprint density at radius 3 is 2.68 bits per heavy atom. The van der Waals surface area contributed by atoms with E-state index in [1.807, 2.05) is 32.0 Å². The smallest absolute Gasteiger partial charge is 0.395 e. The molecule has 3 heterocycles. The molecule has 3 atom stereocenters. The van der Waals surface area contributed by atoms with Crippen LogP contribution in [-0.2, 0) is 17.6 Å². The SMILES string of the molecule is CC1(C)CC(NC(=O)c2ccc3c(c2)CC(C(F)(F)F)CO3)c2cc(CCCCC3CC(=O)NC(N)=N3)ccc2O1. The monoisotopic (exact) mass is 572 g/mol. The Balaban J connectivity index is 1.26. The van der Waals surface area contributed by atoms with Crippen LogP contribution in [0.3, 0.4) is 0 Å². The molecule has 0 aliphatic carbocycles. The molecule has 2 amide bonds. The Bertz CT molecular complexity index is 1360. The number of nitrogens with two attached hydrogens (primary N) is 1. The number of hydrogen-bond donors (Lipinski definition) is 3. The van der Waals surface area contributed by atoms with E-state index in [2.05, 4.69) is 15.6 Å². The largest absolute Gasteiger partial charge is 0.493 e. The highest BCUT2D eigenvalue weighted by molar-refractivity contribution is 5.98. The minimum absolute atomic E-state index is 0.1000. The van der Waals surface area contributed by atoms with Crippen molar-refractivity contribution in [3.8, 4) is 11.5 Å². The Kier molecular flexibility index (Phi) is 7.89. The molecule has 0 saturated heterocycles. The molecule has 3 aliphatic heterocycles. The molecule has 0 radical (unpaired) electrons. The molecule has 5 rings (SSSR count). The molecular formula is C30H35F3N4O4. The summed E-state index contributed by atoms with van der Waals surface area (Å²) in [5.74, 6) is -0.819. The van der Waals surface area contributed by atoms with Crippen molar-refractivity contribution in [3.63, 3.8) is 0 Å². The number of benzene rings is 2. The van der Waals surface area contributed by atoms with E-state index in [1.165, 1.54) is 6.07 Å². The molecule has 0 spiro atoms. The molecule has 41 heavy (non-hydrogen) atoms. The summed E-state index contributed by atoms with van der Waals surface area (Å²) in [5.41, 5.74) is 7.77. The molecule has 0 fully saturated rings. The first kappa shape index (κ1) is 28.8. The van der Waals surface area contributed by atoms with Gasteiger partial charge in [-0.3, -0.25) is 14.9 Å². The molecule has 220 valence electrons. The molecular weight excluding hydrogens is 537 g/mol. The van der Waals surface area contributed by atoms with Crippen molar-refractivity contribution in [1.29, 1.82) is 0 Å². The number of ether oxygens (including phenoxy) is 2. The van der Waals surface area contributed by atoms with Gasteiger partial charge in [-0.15, -0.1) is 0 Å². The Hall–Kier alpha value is -3.76.